The van der Waals surface area contributed by atoms with E-state index in [1.807, 2.05) is 20.8 Å². The molecule has 1 amide bonds. The molecule has 1 atom stereocenters. The normalized spacial score (nSPS) is 18.9. The summed E-state index contributed by atoms with van der Waals surface area (Å²) >= 11 is 0. The van der Waals surface area contributed by atoms with E-state index in [0.717, 1.165) is 12.8 Å². The van der Waals surface area contributed by atoms with Crippen LogP contribution in [-0.2, 0) is 14.3 Å². The average Bonchev–Trinajstić information content (AvgIpc) is 2.36. The van der Waals surface area contributed by atoms with Gasteiger partial charge in [-0.25, -0.2) is 0 Å². The van der Waals surface area contributed by atoms with Crippen molar-refractivity contribution in [3.63, 3.8) is 0 Å². The van der Waals surface area contributed by atoms with E-state index in [1.54, 1.807) is 4.90 Å². The van der Waals surface area contributed by atoms with Crippen LogP contribution in [0.4, 0.5) is 0 Å². The second-order valence-electron chi connectivity index (χ2n) is 6.38. The van der Waals surface area contributed by atoms with Crippen LogP contribution in [0.1, 0.15) is 40.0 Å². The standard InChI is InChI=1S/C14H26N2O4/c1-14(2,3)12(15)13(19)16-7-4-10(5-8-16)20-9-6-11(17)18/h10,12H,4-9,15H2,1-3H3,(H,17,18)/t12-/m0/s1. The van der Waals surface area contributed by atoms with Crippen LogP contribution < -0.4 is 5.73 Å². The van der Waals surface area contributed by atoms with Gasteiger partial charge in [-0.15, -0.1) is 0 Å². The molecule has 1 heterocycles. The number of rotatable bonds is 5. The van der Waals surface area contributed by atoms with E-state index in [1.165, 1.54) is 0 Å². The van der Waals surface area contributed by atoms with Gasteiger partial charge in [-0.1, -0.05) is 20.8 Å². The molecule has 0 bridgehead atoms. The summed E-state index contributed by atoms with van der Waals surface area (Å²) in [5.74, 6) is -0.866. The largest absolute Gasteiger partial charge is 0.481 e. The van der Waals surface area contributed by atoms with Gasteiger partial charge in [0.05, 0.1) is 25.2 Å². The highest BCUT2D eigenvalue weighted by Crippen LogP contribution is 2.21. The molecule has 0 saturated carbocycles. The molecule has 1 aliphatic rings. The van der Waals surface area contributed by atoms with Gasteiger partial charge in [0, 0.05) is 13.1 Å². The van der Waals surface area contributed by atoms with E-state index in [4.69, 9.17) is 15.6 Å². The summed E-state index contributed by atoms with van der Waals surface area (Å²) in [6, 6.07) is -0.494. The van der Waals surface area contributed by atoms with Crippen LogP contribution in [0, 0.1) is 5.41 Å². The summed E-state index contributed by atoms with van der Waals surface area (Å²) < 4.78 is 5.50. The topological polar surface area (TPSA) is 92.9 Å². The third-order valence-corrected chi connectivity index (χ3v) is 3.62. The van der Waals surface area contributed by atoms with Crippen molar-refractivity contribution < 1.29 is 19.4 Å². The molecule has 1 fully saturated rings. The Morgan fingerprint density at radius 1 is 1.35 bits per heavy atom. The minimum atomic E-state index is -0.853. The predicted molar refractivity (Wildman–Crippen MR) is 75.2 cm³/mol. The molecule has 0 radical (unpaired) electrons. The van der Waals surface area contributed by atoms with Crippen LogP contribution in [0.3, 0.4) is 0 Å². The fourth-order valence-electron chi connectivity index (χ4n) is 2.12. The van der Waals surface area contributed by atoms with Crippen molar-refractivity contribution in [1.29, 1.82) is 0 Å². The van der Waals surface area contributed by atoms with Gasteiger partial charge in [0.15, 0.2) is 0 Å². The molecule has 0 aromatic rings. The lowest BCUT2D eigenvalue weighted by Crippen LogP contribution is -2.53. The molecule has 0 unspecified atom stereocenters. The van der Waals surface area contributed by atoms with Crippen LogP contribution in [0.2, 0.25) is 0 Å². The summed E-state index contributed by atoms with van der Waals surface area (Å²) in [5, 5.41) is 8.55. The number of carbonyl (C=O) groups is 2. The maximum Gasteiger partial charge on any atom is 0.305 e. The summed E-state index contributed by atoms with van der Waals surface area (Å²) in [5.41, 5.74) is 5.74. The Hall–Kier alpha value is -1.14. The van der Waals surface area contributed by atoms with Crippen molar-refractivity contribution in [2.75, 3.05) is 19.7 Å². The second kappa shape index (κ2) is 7.04. The Bertz CT molecular complexity index is 344. The zero-order valence-electron chi connectivity index (χ0n) is 12.6. The van der Waals surface area contributed by atoms with Crippen molar-refractivity contribution in [3.05, 3.63) is 0 Å². The van der Waals surface area contributed by atoms with Crippen LogP contribution in [0.15, 0.2) is 0 Å². The summed E-state index contributed by atoms with van der Waals surface area (Å²) in [6.45, 7) is 7.35. The molecule has 0 aromatic heterocycles. The molecular formula is C14H26N2O4. The van der Waals surface area contributed by atoms with E-state index in [-0.39, 0.29) is 30.5 Å². The van der Waals surface area contributed by atoms with Gasteiger partial charge >= 0.3 is 5.97 Å². The molecule has 20 heavy (non-hydrogen) atoms. The molecule has 3 N–H and O–H groups in total. The zero-order chi connectivity index (χ0) is 15.3. The second-order valence-corrected chi connectivity index (χ2v) is 6.38. The van der Waals surface area contributed by atoms with Crippen molar-refractivity contribution in [2.45, 2.75) is 52.2 Å². The van der Waals surface area contributed by atoms with Crippen LogP contribution in [0.5, 0.6) is 0 Å². The molecule has 0 aliphatic carbocycles. The Kier molecular flexibility index (Phi) is 5.95. The van der Waals surface area contributed by atoms with E-state index < -0.39 is 12.0 Å². The number of likely N-dealkylation sites (tertiary alicyclic amines) is 1. The Balaban J connectivity index is 2.35. The highest BCUT2D eigenvalue weighted by molar-refractivity contribution is 5.82. The van der Waals surface area contributed by atoms with Crippen molar-refractivity contribution in [3.8, 4) is 0 Å². The molecule has 6 heteroatoms. The van der Waals surface area contributed by atoms with Crippen LogP contribution >= 0.6 is 0 Å². The number of ether oxygens (including phenoxy) is 1. The monoisotopic (exact) mass is 286 g/mol. The summed E-state index contributed by atoms with van der Waals surface area (Å²) in [6.07, 6.45) is 1.54. The highest BCUT2D eigenvalue weighted by Gasteiger charge is 2.33. The predicted octanol–water partition coefficient (Wildman–Crippen LogP) is 0.842. The number of carbonyl (C=O) groups excluding carboxylic acids is 1. The first-order chi connectivity index (χ1) is 9.21. The minimum Gasteiger partial charge on any atom is -0.481 e. The molecule has 1 aliphatic heterocycles. The molecule has 6 nitrogen and oxygen atoms in total. The number of carboxylic acid groups (broad SMARTS) is 1. The minimum absolute atomic E-state index is 0.0125. The number of carboxylic acids is 1. The lowest BCUT2D eigenvalue weighted by Gasteiger charge is -2.36. The number of hydrogen-bond acceptors (Lipinski definition) is 4. The SMILES string of the molecule is CC(C)(C)[C@@H](N)C(=O)N1CCC(OCCC(=O)O)CC1. The van der Waals surface area contributed by atoms with Gasteiger partial charge in [-0.2, -0.15) is 0 Å². The number of nitrogens with two attached hydrogens (primary N) is 1. The van der Waals surface area contributed by atoms with Gasteiger partial charge < -0.3 is 20.5 Å². The smallest absolute Gasteiger partial charge is 0.305 e. The van der Waals surface area contributed by atoms with E-state index >= 15 is 0 Å². The first-order valence-corrected chi connectivity index (χ1v) is 7.09. The number of piperidine rings is 1. The fourth-order valence-corrected chi connectivity index (χ4v) is 2.12. The van der Waals surface area contributed by atoms with E-state index in [9.17, 15) is 9.59 Å². The number of hydrogen-bond donors (Lipinski definition) is 2. The number of amides is 1. The van der Waals surface area contributed by atoms with Gasteiger partial charge in [0.25, 0.3) is 0 Å². The van der Waals surface area contributed by atoms with E-state index in [0.29, 0.717) is 13.1 Å². The maximum atomic E-state index is 12.2. The van der Waals surface area contributed by atoms with Crippen LogP contribution in [-0.4, -0.2) is 53.7 Å². The van der Waals surface area contributed by atoms with Crippen molar-refractivity contribution >= 4 is 11.9 Å². The Morgan fingerprint density at radius 3 is 2.35 bits per heavy atom. The third kappa shape index (κ3) is 5.09. The van der Waals surface area contributed by atoms with Gasteiger partial charge in [0.1, 0.15) is 0 Å². The van der Waals surface area contributed by atoms with E-state index in [2.05, 4.69) is 0 Å². The lowest BCUT2D eigenvalue weighted by atomic mass is 9.86. The molecule has 0 aromatic carbocycles. The molecule has 1 saturated heterocycles. The molecule has 1 rings (SSSR count). The Morgan fingerprint density at radius 2 is 1.90 bits per heavy atom. The Labute approximate surface area is 120 Å². The van der Waals surface area contributed by atoms with Gasteiger partial charge in [0.2, 0.25) is 5.91 Å². The molecule has 116 valence electrons. The van der Waals surface area contributed by atoms with Crippen molar-refractivity contribution in [1.82, 2.24) is 4.90 Å². The van der Waals surface area contributed by atoms with Crippen molar-refractivity contribution in [2.24, 2.45) is 11.1 Å². The molecular weight excluding hydrogens is 260 g/mol. The first-order valence-electron chi connectivity index (χ1n) is 7.09. The van der Waals surface area contributed by atoms with Gasteiger partial charge in [-0.05, 0) is 18.3 Å². The zero-order valence-corrected chi connectivity index (χ0v) is 12.6. The van der Waals surface area contributed by atoms with Gasteiger partial charge in [-0.3, -0.25) is 9.59 Å². The van der Waals surface area contributed by atoms with Crippen LogP contribution in [0.25, 0.3) is 0 Å². The number of aliphatic carboxylic acids is 1. The average molecular weight is 286 g/mol. The number of nitrogens with zero attached hydrogens (tertiary/aromatic N) is 1. The first kappa shape index (κ1) is 16.9. The maximum absolute atomic E-state index is 12.2. The summed E-state index contributed by atoms with van der Waals surface area (Å²) in [4.78, 5) is 24.4. The molecule has 0 spiro atoms. The quantitative estimate of drug-likeness (QED) is 0.781. The third-order valence-electron chi connectivity index (χ3n) is 3.62. The lowest BCUT2D eigenvalue weighted by molar-refractivity contribution is -0.139. The fraction of sp³-hybridized carbons (Fsp3) is 0.857. The highest BCUT2D eigenvalue weighted by atomic mass is 16.5. The summed E-state index contributed by atoms with van der Waals surface area (Å²) in [7, 11) is 0.